The zero-order valence-corrected chi connectivity index (χ0v) is 11.6. The smallest absolute Gasteiger partial charge is 0.377 e. The molecule has 0 heterocycles. The van der Waals surface area contributed by atoms with Crippen LogP contribution in [0.1, 0.15) is 38.2 Å². The van der Waals surface area contributed by atoms with Crippen LogP contribution in [0.15, 0.2) is 30.3 Å². The molecule has 110 valence electrons. The third-order valence-corrected chi connectivity index (χ3v) is 2.97. The summed E-state index contributed by atoms with van der Waals surface area (Å²) in [6, 6.07) is 8.31. The van der Waals surface area contributed by atoms with E-state index in [0.717, 1.165) is 0 Å². The van der Waals surface area contributed by atoms with Crippen LogP contribution in [-0.4, -0.2) is 24.3 Å². The Labute approximate surface area is 116 Å². The van der Waals surface area contributed by atoms with Crippen LogP contribution in [0.2, 0.25) is 0 Å². The van der Waals surface area contributed by atoms with Gasteiger partial charge >= 0.3 is 11.9 Å². The number of rotatable bonds is 7. The van der Waals surface area contributed by atoms with Gasteiger partial charge in [0, 0.05) is 18.8 Å². The molecule has 3 nitrogen and oxygen atoms in total. The summed E-state index contributed by atoms with van der Waals surface area (Å²) < 4.78 is 32.0. The average Bonchev–Trinajstić information content (AvgIpc) is 2.45. The van der Waals surface area contributed by atoms with Gasteiger partial charge < -0.3 is 4.74 Å². The molecule has 1 aromatic carbocycles. The highest BCUT2D eigenvalue weighted by Crippen LogP contribution is 2.32. The normalized spacial score (nSPS) is 12.8. The van der Waals surface area contributed by atoms with Crippen molar-refractivity contribution in [2.75, 3.05) is 6.61 Å². The van der Waals surface area contributed by atoms with Crippen LogP contribution >= 0.6 is 0 Å². The minimum atomic E-state index is -3.67. The number of Topliss-reactive ketones (excluding diaryl/α,β-unsaturated/α-hetero) is 1. The summed E-state index contributed by atoms with van der Waals surface area (Å²) in [6.07, 6.45) is -0.721. The van der Waals surface area contributed by atoms with Crippen molar-refractivity contribution in [3.63, 3.8) is 0 Å². The SMILES string of the molecule is CCOC(=O)C(F)(F)C[C@H](C(=O)CC)c1ccccc1. The van der Waals surface area contributed by atoms with E-state index in [4.69, 9.17) is 0 Å². The van der Waals surface area contributed by atoms with Crippen molar-refractivity contribution >= 4 is 11.8 Å². The lowest BCUT2D eigenvalue weighted by Gasteiger charge is -2.21. The Hall–Kier alpha value is -1.78. The maximum atomic E-state index is 13.8. The number of esters is 1. The van der Waals surface area contributed by atoms with Gasteiger partial charge in [-0.15, -0.1) is 0 Å². The Morgan fingerprint density at radius 2 is 1.80 bits per heavy atom. The molecule has 0 saturated heterocycles. The van der Waals surface area contributed by atoms with Crippen molar-refractivity contribution in [1.29, 1.82) is 0 Å². The number of ketones is 1. The van der Waals surface area contributed by atoms with Crippen molar-refractivity contribution < 1.29 is 23.1 Å². The van der Waals surface area contributed by atoms with E-state index in [1.807, 2.05) is 0 Å². The summed E-state index contributed by atoms with van der Waals surface area (Å²) in [7, 11) is 0. The first kappa shape index (κ1) is 16.3. The van der Waals surface area contributed by atoms with E-state index in [2.05, 4.69) is 4.74 Å². The second-order valence-electron chi connectivity index (χ2n) is 4.41. The molecule has 1 atom stereocenters. The van der Waals surface area contributed by atoms with E-state index >= 15 is 0 Å². The molecule has 0 aliphatic rings. The molecule has 20 heavy (non-hydrogen) atoms. The molecule has 0 saturated carbocycles. The lowest BCUT2D eigenvalue weighted by molar-refractivity contribution is -0.173. The van der Waals surface area contributed by atoms with Gasteiger partial charge in [0.25, 0.3) is 0 Å². The number of hydrogen-bond acceptors (Lipinski definition) is 3. The zero-order valence-electron chi connectivity index (χ0n) is 11.6. The second-order valence-corrected chi connectivity index (χ2v) is 4.41. The molecule has 0 radical (unpaired) electrons. The summed E-state index contributed by atoms with van der Waals surface area (Å²) in [5.41, 5.74) is 0.489. The van der Waals surface area contributed by atoms with Gasteiger partial charge in [-0.3, -0.25) is 4.79 Å². The van der Waals surface area contributed by atoms with Crippen molar-refractivity contribution in [2.24, 2.45) is 0 Å². The quantitative estimate of drug-likeness (QED) is 0.721. The van der Waals surface area contributed by atoms with E-state index < -0.39 is 24.2 Å². The fourth-order valence-electron chi connectivity index (χ4n) is 1.93. The molecule has 0 aromatic heterocycles. The van der Waals surface area contributed by atoms with Crippen LogP contribution in [0, 0.1) is 0 Å². The number of benzene rings is 1. The van der Waals surface area contributed by atoms with E-state index in [-0.39, 0.29) is 18.8 Å². The van der Waals surface area contributed by atoms with Gasteiger partial charge in [-0.1, -0.05) is 37.3 Å². The number of ether oxygens (including phenoxy) is 1. The van der Waals surface area contributed by atoms with Gasteiger partial charge in [0.15, 0.2) is 0 Å². The molecule has 0 unspecified atom stereocenters. The summed E-state index contributed by atoms with van der Waals surface area (Å²) in [5.74, 6) is -6.56. The lowest BCUT2D eigenvalue weighted by atomic mass is 9.88. The molecule has 0 aliphatic heterocycles. The monoisotopic (exact) mass is 284 g/mol. The van der Waals surface area contributed by atoms with Crippen LogP contribution in [0.4, 0.5) is 8.78 Å². The molecule has 0 amide bonds. The third-order valence-electron chi connectivity index (χ3n) is 2.97. The highest BCUT2D eigenvalue weighted by atomic mass is 19.3. The van der Waals surface area contributed by atoms with Gasteiger partial charge in [0.1, 0.15) is 5.78 Å². The Balaban J connectivity index is 2.97. The highest BCUT2D eigenvalue weighted by Gasteiger charge is 2.44. The fourth-order valence-corrected chi connectivity index (χ4v) is 1.93. The molecule has 0 spiro atoms. The number of halogens is 2. The first-order chi connectivity index (χ1) is 9.42. The minimum absolute atomic E-state index is 0.119. The summed E-state index contributed by atoms with van der Waals surface area (Å²) in [5, 5.41) is 0. The topological polar surface area (TPSA) is 43.4 Å². The first-order valence-electron chi connectivity index (χ1n) is 6.55. The Morgan fingerprint density at radius 1 is 1.20 bits per heavy atom. The van der Waals surface area contributed by atoms with Crippen molar-refractivity contribution in [3.05, 3.63) is 35.9 Å². The standard InChI is InChI=1S/C15H18F2O3/c1-3-13(18)12(11-8-6-5-7-9-11)10-15(16,17)14(19)20-4-2/h5-9,12H,3-4,10H2,1-2H3/t12-/m0/s1. The Kier molecular flexibility index (Phi) is 5.80. The van der Waals surface area contributed by atoms with Gasteiger partial charge in [0.2, 0.25) is 0 Å². The van der Waals surface area contributed by atoms with Gasteiger partial charge in [0.05, 0.1) is 6.61 Å². The molecule has 5 heteroatoms. The summed E-state index contributed by atoms with van der Waals surface area (Å²) in [6.45, 7) is 2.95. The highest BCUT2D eigenvalue weighted by molar-refractivity contribution is 5.87. The molecule has 0 bridgehead atoms. The maximum Gasteiger partial charge on any atom is 0.377 e. The second kappa shape index (κ2) is 7.12. The molecule has 1 aromatic rings. The van der Waals surface area contributed by atoms with Gasteiger partial charge in [-0.05, 0) is 12.5 Å². The summed E-state index contributed by atoms with van der Waals surface area (Å²) >= 11 is 0. The molecule has 0 aliphatic carbocycles. The predicted octanol–water partition coefficient (Wildman–Crippen LogP) is 3.34. The van der Waals surface area contributed by atoms with Crippen LogP contribution in [0.5, 0.6) is 0 Å². The third kappa shape index (κ3) is 4.11. The largest absolute Gasteiger partial charge is 0.462 e. The Morgan fingerprint density at radius 3 is 2.30 bits per heavy atom. The van der Waals surface area contributed by atoms with Crippen LogP contribution in [0.3, 0.4) is 0 Å². The molecule has 0 N–H and O–H groups in total. The van der Waals surface area contributed by atoms with Crippen LogP contribution in [-0.2, 0) is 14.3 Å². The molecular formula is C15H18F2O3. The van der Waals surface area contributed by atoms with Gasteiger partial charge in [-0.2, -0.15) is 8.78 Å². The predicted molar refractivity (Wildman–Crippen MR) is 70.7 cm³/mol. The van der Waals surface area contributed by atoms with E-state index in [1.54, 1.807) is 37.3 Å². The molecular weight excluding hydrogens is 266 g/mol. The zero-order chi connectivity index (χ0) is 15.2. The van der Waals surface area contributed by atoms with Crippen LogP contribution < -0.4 is 0 Å². The van der Waals surface area contributed by atoms with E-state index in [9.17, 15) is 18.4 Å². The van der Waals surface area contributed by atoms with Crippen molar-refractivity contribution in [2.45, 2.75) is 38.5 Å². The number of carbonyl (C=O) groups is 2. The van der Waals surface area contributed by atoms with Gasteiger partial charge in [-0.25, -0.2) is 4.79 Å². The average molecular weight is 284 g/mol. The van der Waals surface area contributed by atoms with E-state index in [0.29, 0.717) is 5.56 Å². The molecule has 0 fully saturated rings. The number of alkyl halides is 2. The van der Waals surface area contributed by atoms with Crippen molar-refractivity contribution in [1.82, 2.24) is 0 Å². The Bertz CT molecular complexity index is 457. The maximum absolute atomic E-state index is 13.8. The van der Waals surface area contributed by atoms with E-state index in [1.165, 1.54) is 6.92 Å². The molecule has 1 rings (SSSR count). The fraction of sp³-hybridized carbons (Fsp3) is 0.467. The van der Waals surface area contributed by atoms with Crippen molar-refractivity contribution in [3.8, 4) is 0 Å². The minimum Gasteiger partial charge on any atom is -0.462 e. The lowest BCUT2D eigenvalue weighted by Crippen LogP contribution is -2.34. The van der Waals surface area contributed by atoms with Crippen LogP contribution in [0.25, 0.3) is 0 Å². The summed E-state index contributed by atoms with van der Waals surface area (Å²) in [4.78, 5) is 23.1. The number of hydrogen-bond donors (Lipinski definition) is 0. The first-order valence-corrected chi connectivity index (χ1v) is 6.55. The number of carbonyl (C=O) groups excluding carboxylic acids is 2.